The van der Waals surface area contributed by atoms with Crippen LogP contribution in [0.3, 0.4) is 0 Å². The first-order chi connectivity index (χ1) is 25.0. The van der Waals surface area contributed by atoms with Crippen LogP contribution in [0, 0.1) is 6.92 Å². The van der Waals surface area contributed by atoms with Crippen molar-refractivity contribution in [1.82, 2.24) is 0 Å². The van der Waals surface area contributed by atoms with Gasteiger partial charge in [0.2, 0.25) is 0 Å². The third kappa shape index (κ3) is 5.34. The summed E-state index contributed by atoms with van der Waals surface area (Å²) in [6.45, 7) is 6.98. The van der Waals surface area contributed by atoms with E-state index in [0.29, 0.717) is 0 Å². The molecule has 0 aliphatic heterocycles. The van der Waals surface area contributed by atoms with Crippen molar-refractivity contribution < 1.29 is 0 Å². The van der Waals surface area contributed by atoms with Gasteiger partial charge in [-0.2, -0.15) is 0 Å². The number of benzene rings is 8. The third-order valence-electron chi connectivity index (χ3n) is 10.7. The number of rotatable bonds is 6. The van der Waals surface area contributed by atoms with Gasteiger partial charge >= 0.3 is 0 Å². The molecule has 0 saturated carbocycles. The highest BCUT2D eigenvalue weighted by Gasteiger charge is 2.36. The summed E-state index contributed by atoms with van der Waals surface area (Å²) in [5, 5.41) is 2.51. The van der Waals surface area contributed by atoms with E-state index in [9.17, 15) is 0 Å². The fourth-order valence-corrected chi connectivity index (χ4v) is 8.12. The van der Waals surface area contributed by atoms with Gasteiger partial charge in [0.1, 0.15) is 0 Å². The van der Waals surface area contributed by atoms with Crippen molar-refractivity contribution in [3.05, 3.63) is 199 Å². The quantitative estimate of drug-likeness (QED) is 0.173. The van der Waals surface area contributed by atoms with Gasteiger partial charge in [-0.3, -0.25) is 0 Å². The molecule has 244 valence electrons. The first-order valence-electron chi connectivity index (χ1n) is 17.8. The maximum absolute atomic E-state index is 2.48. The standard InChI is InChI=1S/C50H39N/c1-34-30-41(35-14-6-4-7-15-35)32-46(38-17-8-5-9-18-38)49(34)51(43-28-29-45-44-20-12-13-21-47(44)50(2,3)48(45)33-43)42-26-24-37(25-27-42)40-23-22-36-16-10-11-19-39(36)31-40/h4-33H,1-3H3. The molecular formula is C50H39N. The van der Waals surface area contributed by atoms with Crippen LogP contribution in [-0.4, -0.2) is 0 Å². The first-order valence-corrected chi connectivity index (χ1v) is 17.8. The topological polar surface area (TPSA) is 3.24 Å². The normalized spacial score (nSPS) is 12.8. The summed E-state index contributed by atoms with van der Waals surface area (Å²) >= 11 is 0. The van der Waals surface area contributed by atoms with E-state index in [1.807, 2.05) is 0 Å². The molecule has 8 aromatic carbocycles. The summed E-state index contributed by atoms with van der Waals surface area (Å²) in [6, 6.07) is 66.7. The number of fused-ring (bicyclic) bond motifs is 4. The van der Waals surface area contributed by atoms with Gasteiger partial charge in [-0.15, -0.1) is 0 Å². The van der Waals surface area contributed by atoms with Crippen molar-refractivity contribution >= 4 is 27.8 Å². The summed E-state index contributed by atoms with van der Waals surface area (Å²) in [5.41, 5.74) is 17.2. The van der Waals surface area contributed by atoms with Crippen LogP contribution in [0.25, 0.3) is 55.3 Å². The van der Waals surface area contributed by atoms with Crippen LogP contribution >= 0.6 is 0 Å². The summed E-state index contributed by atoms with van der Waals surface area (Å²) in [5.74, 6) is 0. The number of nitrogens with zero attached hydrogens (tertiary/aromatic N) is 1. The summed E-state index contributed by atoms with van der Waals surface area (Å²) < 4.78 is 0. The van der Waals surface area contributed by atoms with Crippen LogP contribution in [0.4, 0.5) is 17.1 Å². The second kappa shape index (κ2) is 12.3. The molecule has 1 nitrogen and oxygen atoms in total. The average molecular weight is 654 g/mol. The molecule has 1 aliphatic rings. The van der Waals surface area contributed by atoms with Crippen molar-refractivity contribution in [3.63, 3.8) is 0 Å². The number of aryl methyl sites for hydroxylation is 1. The predicted molar refractivity (Wildman–Crippen MR) is 217 cm³/mol. The molecule has 0 aromatic heterocycles. The highest BCUT2D eigenvalue weighted by molar-refractivity contribution is 5.94. The molecule has 8 aromatic rings. The van der Waals surface area contributed by atoms with Crippen LogP contribution in [-0.2, 0) is 5.41 Å². The average Bonchev–Trinajstić information content (AvgIpc) is 3.41. The second-order valence-electron chi connectivity index (χ2n) is 14.3. The van der Waals surface area contributed by atoms with E-state index in [1.54, 1.807) is 0 Å². The Bertz CT molecular complexity index is 2540. The molecule has 0 saturated heterocycles. The van der Waals surface area contributed by atoms with E-state index in [-0.39, 0.29) is 5.41 Å². The van der Waals surface area contributed by atoms with Gasteiger partial charge in [0, 0.05) is 22.4 Å². The molecule has 1 aliphatic carbocycles. The van der Waals surface area contributed by atoms with Gasteiger partial charge in [0.05, 0.1) is 5.69 Å². The highest BCUT2D eigenvalue weighted by atomic mass is 15.1. The minimum Gasteiger partial charge on any atom is -0.310 e. The zero-order valence-corrected chi connectivity index (χ0v) is 29.3. The maximum Gasteiger partial charge on any atom is 0.0569 e. The van der Waals surface area contributed by atoms with E-state index in [4.69, 9.17) is 0 Å². The fourth-order valence-electron chi connectivity index (χ4n) is 8.12. The van der Waals surface area contributed by atoms with Crippen LogP contribution in [0.2, 0.25) is 0 Å². The Balaban J connectivity index is 1.25. The Labute approximate surface area is 301 Å². The van der Waals surface area contributed by atoms with Crippen LogP contribution in [0.15, 0.2) is 182 Å². The molecule has 0 spiro atoms. The lowest BCUT2D eigenvalue weighted by Gasteiger charge is -2.31. The molecule has 0 fully saturated rings. The number of anilines is 3. The van der Waals surface area contributed by atoms with Gasteiger partial charge in [-0.25, -0.2) is 0 Å². The predicted octanol–water partition coefficient (Wildman–Crippen LogP) is 13.9. The summed E-state index contributed by atoms with van der Waals surface area (Å²) in [6.07, 6.45) is 0. The zero-order valence-electron chi connectivity index (χ0n) is 29.3. The van der Waals surface area contributed by atoms with Gasteiger partial charge in [0.25, 0.3) is 0 Å². The second-order valence-corrected chi connectivity index (χ2v) is 14.3. The molecule has 0 heterocycles. The lowest BCUT2D eigenvalue weighted by atomic mass is 9.82. The molecule has 0 unspecified atom stereocenters. The van der Waals surface area contributed by atoms with Gasteiger partial charge in [-0.1, -0.05) is 153 Å². The van der Waals surface area contributed by atoms with Crippen molar-refractivity contribution in [2.75, 3.05) is 4.90 Å². The highest BCUT2D eigenvalue weighted by Crippen LogP contribution is 2.52. The van der Waals surface area contributed by atoms with Gasteiger partial charge in [0.15, 0.2) is 0 Å². The largest absolute Gasteiger partial charge is 0.310 e. The van der Waals surface area contributed by atoms with E-state index in [2.05, 4.69) is 208 Å². The molecule has 0 N–H and O–H groups in total. The molecule has 1 heteroatoms. The molecule has 0 radical (unpaired) electrons. The monoisotopic (exact) mass is 653 g/mol. The van der Waals surface area contributed by atoms with Crippen LogP contribution in [0.1, 0.15) is 30.5 Å². The Morgan fingerprint density at radius 3 is 1.73 bits per heavy atom. The zero-order chi connectivity index (χ0) is 34.5. The van der Waals surface area contributed by atoms with Gasteiger partial charge < -0.3 is 4.90 Å². The minimum atomic E-state index is -0.109. The maximum atomic E-state index is 2.48. The third-order valence-corrected chi connectivity index (χ3v) is 10.7. The Morgan fingerprint density at radius 1 is 0.373 bits per heavy atom. The van der Waals surface area contributed by atoms with Crippen molar-refractivity contribution in [1.29, 1.82) is 0 Å². The lowest BCUT2D eigenvalue weighted by Crippen LogP contribution is -2.17. The van der Waals surface area contributed by atoms with Crippen molar-refractivity contribution in [2.24, 2.45) is 0 Å². The smallest absolute Gasteiger partial charge is 0.0569 e. The number of hydrogen-bond donors (Lipinski definition) is 0. The first kappa shape index (κ1) is 30.8. The Kier molecular flexibility index (Phi) is 7.44. The Hall–Kier alpha value is -6.18. The van der Waals surface area contributed by atoms with E-state index >= 15 is 0 Å². The van der Waals surface area contributed by atoms with E-state index in [0.717, 1.165) is 11.4 Å². The van der Waals surface area contributed by atoms with Crippen LogP contribution < -0.4 is 4.90 Å². The molecule has 0 bridgehead atoms. The molecular weight excluding hydrogens is 615 g/mol. The summed E-state index contributed by atoms with van der Waals surface area (Å²) in [4.78, 5) is 2.48. The van der Waals surface area contributed by atoms with E-state index < -0.39 is 0 Å². The van der Waals surface area contributed by atoms with Crippen molar-refractivity contribution in [2.45, 2.75) is 26.2 Å². The summed E-state index contributed by atoms with van der Waals surface area (Å²) in [7, 11) is 0. The van der Waals surface area contributed by atoms with Crippen LogP contribution in [0.5, 0.6) is 0 Å². The minimum absolute atomic E-state index is 0.109. The SMILES string of the molecule is Cc1cc(-c2ccccc2)cc(-c2ccccc2)c1N(c1ccc(-c2ccc3ccccc3c2)cc1)c1ccc2c(c1)C(C)(C)c1ccccc1-2. The fraction of sp³-hybridized carbons (Fsp3) is 0.0800. The Morgan fingerprint density at radius 2 is 0.961 bits per heavy atom. The van der Waals surface area contributed by atoms with Gasteiger partial charge in [-0.05, 0) is 116 Å². The number of hydrogen-bond acceptors (Lipinski definition) is 1. The molecule has 51 heavy (non-hydrogen) atoms. The van der Waals surface area contributed by atoms with E-state index in [1.165, 1.54) is 77.7 Å². The molecule has 9 rings (SSSR count). The molecule has 0 amide bonds. The molecule has 0 atom stereocenters. The lowest BCUT2D eigenvalue weighted by molar-refractivity contribution is 0.660. The van der Waals surface area contributed by atoms with Crippen molar-refractivity contribution in [3.8, 4) is 44.5 Å².